The van der Waals surface area contributed by atoms with Gasteiger partial charge in [-0.25, -0.2) is 4.39 Å². The summed E-state index contributed by atoms with van der Waals surface area (Å²) in [6, 6.07) is 6.32. The lowest BCUT2D eigenvalue weighted by atomic mass is 9.88. The van der Waals surface area contributed by atoms with E-state index in [0.29, 0.717) is 5.92 Å². The van der Waals surface area contributed by atoms with Gasteiger partial charge in [0.1, 0.15) is 5.83 Å². The zero-order valence-electron chi connectivity index (χ0n) is 9.13. The van der Waals surface area contributed by atoms with Crippen LogP contribution in [0, 0.1) is 13.8 Å². The summed E-state index contributed by atoms with van der Waals surface area (Å²) in [6.07, 6.45) is 5.95. The quantitative estimate of drug-likeness (QED) is 0.640. The average Bonchev–Trinajstić information content (AvgIpc) is 2.24. The first kappa shape index (κ1) is 10.2. The van der Waals surface area contributed by atoms with Gasteiger partial charge < -0.3 is 0 Å². The Hall–Kier alpha value is -1.37. The molecule has 0 radical (unpaired) electrons. The van der Waals surface area contributed by atoms with Crippen LogP contribution >= 0.6 is 0 Å². The molecule has 2 rings (SSSR count). The third kappa shape index (κ3) is 2.01. The molecule has 0 N–H and O–H groups in total. The van der Waals surface area contributed by atoms with Crippen LogP contribution in [0.5, 0.6) is 0 Å². The molecule has 0 saturated heterocycles. The fourth-order valence-electron chi connectivity index (χ4n) is 2.00. The van der Waals surface area contributed by atoms with Crippen molar-refractivity contribution in [2.75, 3.05) is 0 Å². The Morgan fingerprint density at radius 2 is 2.07 bits per heavy atom. The zero-order valence-corrected chi connectivity index (χ0v) is 9.13. The van der Waals surface area contributed by atoms with Crippen molar-refractivity contribution in [2.24, 2.45) is 0 Å². The predicted octanol–water partition coefficient (Wildman–Crippen LogP) is 4.20. The van der Waals surface area contributed by atoms with Crippen molar-refractivity contribution in [3.05, 3.63) is 58.9 Å². The molecule has 1 aliphatic carbocycles. The highest BCUT2D eigenvalue weighted by Gasteiger charge is 2.13. The minimum atomic E-state index is -0.114. The van der Waals surface area contributed by atoms with E-state index in [4.69, 9.17) is 0 Å². The Labute approximate surface area is 90.1 Å². The van der Waals surface area contributed by atoms with E-state index in [1.165, 1.54) is 16.7 Å². The van der Waals surface area contributed by atoms with E-state index in [1.54, 1.807) is 12.2 Å². The average molecular weight is 202 g/mol. The normalized spacial score (nSPS) is 20.2. The molecule has 0 nitrogen and oxygen atoms in total. The van der Waals surface area contributed by atoms with E-state index in [1.807, 2.05) is 6.08 Å². The first-order valence-electron chi connectivity index (χ1n) is 5.28. The Kier molecular flexibility index (Phi) is 2.72. The maximum absolute atomic E-state index is 12.8. The van der Waals surface area contributed by atoms with Crippen molar-refractivity contribution < 1.29 is 4.39 Å². The zero-order chi connectivity index (χ0) is 10.8. The molecule has 78 valence electrons. The molecule has 0 heterocycles. The second-order valence-corrected chi connectivity index (χ2v) is 4.08. The van der Waals surface area contributed by atoms with Crippen molar-refractivity contribution in [3.8, 4) is 0 Å². The monoisotopic (exact) mass is 202 g/mol. The van der Waals surface area contributed by atoms with E-state index in [0.717, 1.165) is 6.42 Å². The molecule has 0 spiro atoms. The minimum absolute atomic E-state index is 0.114. The molecule has 0 bridgehead atoms. The largest absolute Gasteiger partial charge is 0.207 e. The first-order chi connectivity index (χ1) is 7.18. The van der Waals surface area contributed by atoms with E-state index in [-0.39, 0.29) is 5.83 Å². The predicted molar refractivity (Wildman–Crippen MR) is 61.6 cm³/mol. The van der Waals surface area contributed by atoms with Crippen molar-refractivity contribution in [2.45, 2.75) is 26.2 Å². The molecule has 0 saturated carbocycles. The van der Waals surface area contributed by atoms with Gasteiger partial charge in [-0.05, 0) is 49.1 Å². The van der Waals surface area contributed by atoms with Crippen LogP contribution in [0.15, 0.2) is 42.3 Å². The van der Waals surface area contributed by atoms with E-state index < -0.39 is 0 Å². The number of benzene rings is 1. The van der Waals surface area contributed by atoms with Crippen LogP contribution in [-0.4, -0.2) is 0 Å². The van der Waals surface area contributed by atoms with Crippen molar-refractivity contribution in [1.82, 2.24) is 0 Å². The molecule has 1 aromatic rings. The molecule has 1 aliphatic rings. The Bertz CT molecular complexity index is 427. The van der Waals surface area contributed by atoms with Gasteiger partial charge in [0.05, 0.1) is 0 Å². The lowest BCUT2D eigenvalue weighted by Crippen LogP contribution is -2.01. The molecule has 0 aliphatic heterocycles. The standard InChI is InChI=1S/C14H15F/c1-10-4-3-5-14(11(10)2)12-6-8-13(15)9-7-12/h3-6,8-9,12H,7H2,1-2H3. The van der Waals surface area contributed by atoms with Crippen LogP contribution in [0.2, 0.25) is 0 Å². The number of halogens is 1. The second-order valence-electron chi connectivity index (χ2n) is 4.08. The van der Waals surface area contributed by atoms with E-state index in [2.05, 4.69) is 32.0 Å². The van der Waals surface area contributed by atoms with Crippen molar-refractivity contribution >= 4 is 0 Å². The maximum atomic E-state index is 12.8. The van der Waals surface area contributed by atoms with Crippen LogP contribution in [0.25, 0.3) is 0 Å². The SMILES string of the molecule is Cc1cccc(C2C=CC(F)=CC2)c1C. The third-order valence-electron chi connectivity index (χ3n) is 3.10. The summed E-state index contributed by atoms with van der Waals surface area (Å²) in [6.45, 7) is 4.25. The molecule has 0 aromatic heterocycles. The molecular weight excluding hydrogens is 187 g/mol. The molecule has 0 amide bonds. The topological polar surface area (TPSA) is 0 Å². The van der Waals surface area contributed by atoms with Gasteiger partial charge in [-0.1, -0.05) is 24.3 Å². The molecule has 1 unspecified atom stereocenters. The Morgan fingerprint density at radius 3 is 2.73 bits per heavy atom. The van der Waals surface area contributed by atoms with Gasteiger partial charge in [0.15, 0.2) is 0 Å². The highest BCUT2D eigenvalue weighted by Crippen LogP contribution is 2.30. The molecule has 1 heteroatoms. The van der Waals surface area contributed by atoms with Crippen LogP contribution in [0.1, 0.15) is 29.0 Å². The smallest absolute Gasteiger partial charge is 0.118 e. The van der Waals surface area contributed by atoms with Crippen LogP contribution in [-0.2, 0) is 0 Å². The summed E-state index contributed by atoms with van der Waals surface area (Å²) >= 11 is 0. The maximum Gasteiger partial charge on any atom is 0.118 e. The van der Waals surface area contributed by atoms with Gasteiger partial charge in [0.25, 0.3) is 0 Å². The van der Waals surface area contributed by atoms with Crippen LogP contribution in [0.4, 0.5) is 4.39 Å². The lowest BCUT2D eigenvalue weighted by molar-refractivity contribution is 0.643. The minimum Gasteiger partial charge on any atom is -0.207 e. The molecule has 1 atom stereocenters. The van der Waals surface area contributed by atoms with Crippen LogP contribution < -0.4 is 0 Å². The Morgan fingerprint density at radius 1 is 1.27 bits per heavy atom. The summed E-state index contributed by atoms with van der Waals surface area (Å²) in [5.74, 6) is 0.223. The van der Waals surface area contributed by atoms with Crippen LogP contribution in [0.3, 0.4) is 0 Å². The van der Waals surface area contributed by atoms with Gasteiger partial charge in [0, 0.05) is 5.92 Å². The molecule has 15 heavy (non-hydrogen) atoms. The highest BCUT2D eigenvalue weighted by atomic mass is 19.1. The summed E-state index contributed by atoms with van der Waals surface area (Å²) in [5, 5.41) is 0. The third-order valence-corrected chi connectivity index (χ3v) is 3.10. The summed E-state index contributed by atoms with van der Waals surface area (Å²) in [5.41, 5.74) is 3.94. The number of aryl methyl sites for hydroxylation is 1. The lowest BCUT2D eigenvalue weighted by Gasteiger charge is -2.17. The fourth-order valence-corrected chi connectivity index (χ4v) is 2.00. The highest BCUT2D eigenvalue weighted by molar-refractivity contribution is 5.39. The van der Waals surface area contributed by atoms with E-state index in [9.17, 15) is 4.39 Å². The number of rotatable bonds is 1. The van der Waals surface area contributed by atoms with Gasteiger partial charge >= 0.3 is 0 Å². The van der Waals surface area contributed by atoms with Gasteiger partial charge in [-0.15, -0.1) is 0 Å². The number of hydrogen-bond acceptors (Lipinski definition) is 0. The fraction of sp³-hybridized carbons (Fsp3) is 0.286. The van der Waals surface area contributed by atoms with Crippen molar-refractivity contribution in [1.29, 1.82) is 0 Å². The second kappa shape index (κ2) is 4.01. The summed E-state index contributed by atoms with van der Waals surface area (Å²) in [7, 11) is 0. The number of hydrogen-bond donors (Lipinski definition) is 0. The Balaban J connectivity index is 2.32. The molecule has 0 fully saturated rings. The number of allylic oxidation sites excluding steroid dienone is 4. The summed E-state index contributed by atoms with van der Waals surface area (Å²) in [4.78, 5) is 0. The summed E-state index contributed by atoms with van der Waals surface area (Å²) < 4.78 is 12.8. The molecular formula is C14H15F. The van der Waals surface area contributed by atoms with Gasteiger partial charge in [0.2, 0.25) is 0 Å². The van der Waals surface area contributed by atoms with Gasteiger partial charge in [-0.2, -0.15) is 0 Å². The van der Waals surface area contributed by atoms with Crippen molar-refractivity contribution in [3.63, 3.8) is 0 Å². The van der Waals surface area contributed by atoms with Gasteiger partial charge in [-0.3, -0.25) is 0 Å². The molecule has 1 aromatic carbocycles. The first-order valence-corrected chi connectivity index (χ1v) is 5.28. The van der Waals surface area contributed by atoms with E-state index >= 15 is 0 Å².